The maximum atomic E-state index is 12.9. The minimum absolute atomic E-state index is 0.0883. The maximum absolute atomic E-state index is 12.9. The number of hydrogen-bond donors (Lipinski definition) is 0. The van der Waals surface area contributed by atoms with Crippen molar-refractivity contribution in [1.82, 2.24) is 9.88 Å². The van der Waals surface area contributed by atoms with Crippen LogP contribution in [0.15, 0.2) is 27.8 Å². The van der Waals surface area contributed by atoms with Gasteiger partial charge in [0.05, 0.1) is 10.7 Å². The Morgan fingerprint density at radius 3 is 2.76 bits per heavy atom. The summed E-state index contributed by atoms with van der Waals surface area (Å²) in [6.07, 6.45) is 1.52. The van der Waals surface area contributed by atoms with Crippen LogP contribution in [0.2, 0.25) is 0 Å². The van der Waals surface area contributed by atoms with E-state index in [1.165, 1.54) is 17.0 Å². The molecule has 0 bridgehead atoms. The van der Waals surface area contributed by atoms with Crippen LogP contribution < -0.4 is 0 Å². The molecule has 1 amide bonds. The fourth-order valence-corrected chi connectivity index (χ4v) is 4.65. The fraction of sp³-hybridized carbons (Fsp3) is 0.556. The van der Waals surface area contributed by atoms with Crippen molar-refractivity contribution in [1.29, 1.82) is 0 Å². The first-order valence-corrected chi connectivity index (χ1v) is 10.9. The Morgan fingerprint density at radius 1 is 1.38 bits per heavy atom. The summed E-state index contributed by atoms with van der Waals surface area (Å²) >= 11 is 0. The molecule has 1 aliphatic heterocycles. The van der Waals surface area contributed by atoms with Crippen LogP contribution in [0.1, 0.15) is 40.0 Å². The summed E-state index contributed by atoms with van der Waals surface area (Å²) in [5, 5.41) is 10.4. The van der Waals surface area contributed by atoms with E-state index < -0.39 is 37.7 Å². The van der Waals surface area contributed by atoms with Crippen molar-refractivity contribution in [3.05, 3.63) is 28.3 Å². The third-order valence-electron chi connectivity index (χ3n) is 4.50. The second-order valence-electron chi connectivity index (χ2n) is 7.99. The summed E-state index contributed by atoms with van der Waals surface area (Å²) in [7, 11) is -3.96. The number of likely N-dealkylation sites (tertiary alicyclic amines) is 1. The number of rotatable bonds is 4. The van der Waals surface area contributed by atoms with Gasteiger partial charge in [-0.25, -0.2) is 13.2 Å². The van der Waals surface area contributed by atoms with Gasteiger partial charge in [-0.1, -0.05) is 0 Å². The lowest BCUT2D eigenvalue weighted by Crippen LogP contribution is -2.48. The zero-order valence-corrected chi connectivity index (χ0v) is 17.3. The summed E-state index contributed by atoms with van der Waals surface area (Å²) in [6.45, 7) is 5.66. The summed E-state index contributed by atoms with van der Waals surface area (Å²) in [6, 6.07) is 3.13. The van der Waals surface area contributed by atoms with E-state index >= 15 is 0 Å². The quantitative estimate of drug-likeness (QED) is 0.538. The van der Waals surface area contributed by atoms with Gasteiger partial charge in [-0.3, -0.25) is 10.1 Å². The monoisotopic (exact) mass is 425 g/mol. The van der Waals surface area contributed by atoms with Gasteiger partial charge in [0.25, 0.3) is 5.69 Å². The number of nitro benzene ring substituents is 1. The zero-order valence-electron chi connectivity index (χ0n) is 16.5. The molecule has 1 fully saturated rings. The topological polar surface area (TPSA) is 133 Å². The van der Waals surface area contributed by atoms with E-state index in [4.69, 9.17) is 9.15 Å². The first-order chi connectivity index (χ1) is 13.5. The highest BCUT2D eigenvalue weighted by Crippen LogP contribution is 2.27. The Bertz CT molecular complexity index is 1040. The molecule has 1 saturated heterocycles. The SMILES string of the molecule is CC(C)(C)OC(=O)N1CCCC[C@H]1CS(=O)(=O)c1nc2cc([N+](=O)[O-])ccc2o1. The van der Waals surface area contributed by atoms with E-state index in [0.717, 1.165) is 18.9 Å². The molecule has 0 saturated carbocycles. The normalized spacial score (nSPS) is 18.0. The molecule has 0 aliphatic carbocycles. The molecule has 10 nitrogen and oxygen atoms in total. The van der Waals surface area contributed by atoms with Gasteiger partial charge >= 0.3 is 11.3 Å². The number of benzene rings is 1. The molecule has 2 heterocycles. The van der Waals surface area contributed by atoms with Gasteiger partial charge in [0, 0.05) is 24.7 Å². The third kappa shape index (κ3) is 4.84. The first-order valence-electron chi connectivity index (χ1n) is 9.24. The molecule has 1 aromatic heterocycles. The standard InChI is InChI=1S/C18H23N3O7S/c1-18(2,3)28-17(22)20-9-5-4-6-13(20)11-29(25,26)16-19-14-10-12(21(23)24)7-8-15(14)27-16/h7-8,10,13H,4-6,9,11H2,1-3H3/t13-/m0/s1. The summed E-state index contributed by atoms with van der Waals surface area (Å²) in [4.78, 5) is 28.2. The van der Waals surface area contributed by atoms with Gasteiger partial charge in [0.2, 0.25) is 9.84 Å². The number of piperidine rings is 1. The highest BCUT2D eigenvalue weighted by molar-refractivity contribution is 7.91. The van der Waals surface area contributed by atoms with E-state index in [1.54, 1.807) is 20.8 Å². The van der Waals surface area contributed by atoms with Crippen molar-refractivity contribution >= 4 is 32.7 Å². The lowest BCUT2D eigenvalue weighted by molar-refractivity contribution is -0.384. The minimum atomic E-state index is -3.96. The number of oxazole rings is 1. The number of ether oxygens (including phenoxy) is 1. The molecule has 3 rings (SSSR count). The van der Waals surface area contributed by atoms with E-state index in [0.29, 0.717) is 13.0 Å². The number of amides is 1. The van der Waals surface area contributed by atoms with Gasteiger partial charge < -0.3 is 14.1 Å². The smallest absolute Gasteiger partial charge is 0.410 e. The van der Waals surface area contributed by atoms with Crippen LogP contribution in [0.4, 0.5) is 10.5 Å². The van der Waals surface area contributed by atoms with Crippen molar-refractivity contribution in [2.24, 2.45) is 0 Å². The molecule has 1 atom stereocenters. The van der Waals surface area contributed by atoms with Gasteiger partial charge in [-0.05, 0) is 46.1 Å². The molecule has 1 aliphatic rings. The van der Waals surface area contributed by atoms with E-state index in [-0.39, 0.29) is 22.5 Å². The number of fused-ring (bicyclic) bond motifs is 1. The Morgan fingerprint density at radius 2 is 2.10 bits per heavy atom. The van der Waals surface area contributed by atoms with Crippen LogP contribution in [-0.2, 0) is 14.6 Å². The van der Waals surface area contributed by atoms with Crippen molar-refractivity contribution in [2.45, 2.75) is 56.9 Å². The minimum Gasteiger partial charge on any atom is -0.444 e. The van der Waals surface area contributed by atoms with E-state index in [2.05, 4.69) is 4.98 Å². The Labute approximate surface area is 167 Å². The van der Waals surface area contributed by atoms with Gasteiger partial charge in [0.1, 0.15) is 11.1 Å². The lowest BCUT2D eigenvalue weighted by atomic mass is 10.0. The van der Waals surface area contributed by atoms with Crippen LogP contribution >= 0.6 is 0 Å². The summed E-state index contributed by atoms with van der Waals surface area (Å²) < 4.78 is 36.5. The molecule has 0 unspecified atom stereocenters. The number of nitro groups is 1. The van der Waals surface area contributed by atoms with E-state index in [1.807, 2.05) is 0 Å². The maximum Gasteiger partial charge on any atom is 0.410 e. The fourth-order valence-electron chi connectivity index (χ4n) is 3.20. The third-order valence-corrected chi connectivity index (χ3v) is 6.03. The van der Waals surface area contributed by atoms with Crippen molar-refractivity contribution in [3.63, 3.8) is 0 Å². The second kappa shape index (κ2) is 7.62. The van der Waals surface area contributed by atoms with Gasteiger partial charge in [-0.15, -0.1) is 0 Å². The average Bonchev–Trinajstić information content (AvgIpc) is 3.04. The molecule has 0 radical (unpaired) electrons. The number of non-ortho nitro benzene ring substituents is 1. The number of nitrogens with zero attached hydrogens (tertiary/aromatic N) is 3. The molecule has 29 heavy (non-hydrogen) atoms. The summed E-state index contributed by atoms with van der Waals surface area (Å²) in [5.41, 5.74) is -0.669. The predicted molar refractivity (Wildman–Crippen MR) is 103 cm³/mol. The largest absolute Gasteiger partial charge is 0.444 e. The molecular formula is C18H23N3O7S. The van der Waals surface area contributed by atoms with Gasteiger partial charge in [0.15, 0.2) is 5.58 Å². The van der Waals surface area contributed by atoms with Crippen LogP contribution in [0.25, 0.3) is 11.1 Å². The average molecular weight is 425 g/mol. The summed E-state index contributed by atoms with van der Waals surface area (Å²) in [5.74, 6) is -0.360. The van der Waals surface area contributed by atoms with Crippen molar-refractivity contribution < 1.29 is 27.3 Å². The van der Waals surface area contributed by atoms with Gasteiger partial charge in [-0.2, -0.15) is 4.98 Å². The molecule has 11 heteroatoms. The predicted octanol–water partition coefficient (Wildman–Crippen LogP) is 3.30. The Hall–Kier alpha value is -2.69. The van der Waals surface area contributed by atoms with Crippen LogP contribution in [0, 0.1) is 10.1 Å². The highest BCUT2D eigenvalue weighted by Gasteiger charge is 2.35. The van der Waals surface area contributed by atoms with Crippen molar-refractivity contribution in [3.8, 4) is 0 Å². The number of sulfone groups is 1. The van der Waals surface area contributed by atoms with Crippen LogP contribution in [0.5, 0.6) is 0 Å². The lowest BCUT2D eigenvalue weighted by Gasteiger charge is -2.36. The highest BCUT2D eigenvalue weighted by atomic mass is 32.2. The number of carbonyl (C=O) groups excluding carboxylic acids is 1. The van der Waals surface area contributed by atoms with Crippen LogP contribution in [-0.4, -0.2) is 53.3 Å². The molecule has 158 valence electrons. The van der Waals surface area contributed by atoms with Crippen molar-refractivity contribution in [2.75, 3.05) is 12.3 Å². The second-order valence-corrected chi connectivity index (χ2v) is 9.91. The first kappa shape index (κ1) is 21.0. The molecule has 0 N–H and O–H groups in total. The molecule has 2 aromatic rings. The Kier molecular flexibility index (Phi) is 5.52. The number of carbonyl (C=O) groups is 1. The molecule has 0 spiro atoms. The van der Waals surface area contributed by atoms with Crippen LogP contribution in [0.3, 0.4) is 0 Å². The Balaban J connectivity index is 1.84. The molecular weight excluding hydrogens is 402 g/mol. The number of hydrogen-bond acceptors (Lipinski definition) is 8. The zero-order chi connectivity index (χ0) is 21.4. The molecule has 1 aromatic carbocycles. The number of aromatic nitrogens is 1. The van der Waals surface area contributed by atoms with E-state index in [9.17, 15) is 23.3 Å².